The third-order valence-electron chi connectivity index (χ3n) is 3.74. The number of hydrogen-bond donors (Lipinski definition) is 1. The van der Waals surface area contributed by atoms with Crippen LogP contribution in [0.1, 0.15) is 29.2 Å². The van der Waals surface area contributed by atoms with Gasteiger partial charge in [0.1, 0.15) is 5.75 Å². The highest BCUT2D eigenvalue weighted by Crippen LogP contribution is 2.34. The van der Waals surface area contributed by atoms with Crippen LogP contribution in [0.5, 0.6) is 11.5 Å². The summed E-state index contributed by atoms with van der Waals surface area (Å²) in [4.78, 5) is 13.3. The molecule has 0 saturated heterocycles. The van der Waals surface area contributed by atoms with Crippen molar-refractivity contribution in [3.8, 4) is 11.5 Å². The minimum Gasteiger partial charge on any atom is -0.507 e. The summed E-state index contributed by atoms with van der Waals surface area (Å²) < 4.78 is 5.24. The fraction of sp³-hybridized carbons (Fsp3) is 0.316. The molecule has 6 heteroatoms. The molecular formula is C19H21Cl2NO3. The molecule has 0 saturated carbocycles. The van der Waals surface area contributed by atoms with Crippen molar-refractivity contribution in [2.24, 2.45) is 0 Å². The van der Waals surface area contributed by atoms with Crippen molar-refractivity contribution in [1.82, 2.24) is 4.90 Å². The zero-order valence-corrected chi connectivity index (χ0v) is 16.2. The summed E-state index contributed by atoms with van der Waals surface area (Å²) in [7, 11) is 1.91. The maximum absolute atomic E-state index is 11.3. The Morgan fingerprint density at radius 2 is 1.76 bits per heavy atom. The number of ether oxygens (including phenoxy) is 1. The number of benzene rings is 2. The van der Waals surface area contributed by atoms with Crippen LogP contribution in [-0.2, 0) is 17.9 Å². The lowest BCUT2D eigenvalue weighted by Gasteiger charge is -2.20. The summed E-state index contributed by atoms with van der Waals surface area (Å²) in [5, 5.41) is 11.0. The van der Waals surface area contributed by atoms with Gasteiger partial charge in [0.2, 0.25) is 0 Å². The lowest BCUT2D eigenvalue weighted by Crippen LogP contribution is -2.18. The molecule has 0 aliphatic carbocycles. The summed E-state index contributed by atoms with van der Waals surface area (Å²) >= 11 is 12.3. The van der Waals surface area contributed by atoms with Gasteiger partial charge in [-0.25, -0.2) is 0 Å². The van der Waals surface area contributed by atoms with Crippen molar-refractivity contribution >= 4 is 29.2 Å². The number of esters is 1. The summed E-state index contributed by atoms with van der Waals surface area (Å²) in [6, 6.07) is 7.16. The third-order valence-corrected chi connectivity index (χ3v) is 4.23. The van der Waals surface area contributed by atoms with Crippen molar-refractivity contribution in [1.29, 1.82) is 0 Å². The van der Waals surface area contributed by atoms with Gasteiger partial charge in [0.25, 0.3) is 0 Å². The number of hydrogen-bond acceptors (Lipinski definition) is 4. The fourth-order valence-electron chi connectivity index (χ4n) is 2.80. The molecule has 0 unspecified atom stereocenters. The average molecular weight is 382 g/mol. The quantitative estimate of drug-likeness (QED) is 0.592. The van der Waals surface area contributed by atoms with Crippen LogP contribution < -0.4 is 4.74 Å². The van der Waals surface area contributed by atoms with Crippen molar-refractivity contribution in [3.05, 3.63) is 56.6 Å². The van der Waals surface area contributed by atoms with Crippen molar-refractivity contribution in [2.45, 2.75) is 33.9 Å². The van der Waals surface area contributed by atoms with Crippen LogP contribution in [0.25, 0.3) is 0 Å². The second kappa shape index (κ2) is 8.09. The third kappa shape index (κ3) is 5.11. The predicted octanol–water partition coefficient (Wildman–Crippen LogP) is 4.87. The van der Waals surface area contributed by atoms with Gasteiger partial charge in [0.15, 0.2) is 5.75 Å². The molecule has 134 valence electrons. The molecule has 0 amide bonds. The molecular weight excluding hydrogens is 361 g/mol. The molecule has 0 aromatic heterocycles. The molecule has 25 heavy (non-hydrogen) atoms. The normalized spacial score (nSPS) is 11.0. The Kier molecular flexibility index (Phi) is 6.33. The molecule has 0 spiro atoms. The van der Waals surface area contributed by atoms with E-state index in [4.69, 9.17) is 27.9 Å². The molecule has 0 radical (unpaired) electrons. The van der Waals surface area contributed by atoms with E-state index in [0.29, 0.717) is 40.2 Å². The minimum absolute atomic E-state index is 0.292. The van der Waals surface area contributed by atoms with Crippen LogP contribution in [0.15, 0.2) is 24.3 Å². The molecule has 0 heterocycles. The molecule has 4 nitrogen and oxygen atoms in total. The first-order valence-electron chi connectivity index (χ1n) is 7.81. The molecule has 0 aliphatic heterocycles. The molecule has 0 atom stereocenters. The number of phenolic OH excluding ortho intramolecular Hbond substituents is 1. The molecule has 0 bridgehead atoms. The first-order valence-corrected chi connectivity index (χ1v) is 8.57. The molecule has 2 aromatic rings. The number of carbonyl (C=O) groups excluding carboxylic acids is 1. The molecule has 2 aromatic carbocycles. The molecule has 2 rings (SSSR count). The van der Waals surface area contributed by atoms with E-state index in [-0.39, 0.29) is 0 Å². The lowest BCUT2D eigenvalue weighted by atomic mass is 10.0. The summed E-state index contributed by atoms with van der Waals surface area (Å²) in [5.41, 5.74) is 3.47. The van der Waals surface area contributed by atoms with Gasteiger partial charge in [-0.05, 0) is 38.6 Å². The zero-order chi connectivity index (χ0) is 18.7. The largest absolute Gasteiger partial charge is 0.507 e. The highest BCUT2D eigenvalue weighted by molar-refractivity contribution is 6.35. The predicted molar refractivity (Wildman–Crippen MR) is 101 cm³/mol. The Hall–Kier alpha value is -1.75. The van der Waals surface area contributed by atoms with E-state index in [1.165, 1.54) is 6.92 Å². The Morgan fingerprint density at radius 1 is 1.12 bits per heavy atom. The van der Waals surface area contributed by atoms with E-state index in [9.17, 15) is 9.90 Å². The van der Waals surface area contributed by atoms with E-state index in [1.807, 2.05) is 37.9 Å². The van der Waals surface area contributed by atoms with Gasteiger partial charge in [0, 0.05) is 36.2 Å². The van der Waals surface area contributed by atoms with Gasteiger partial charge >= 0.3 is 5.97 Å². The second-order valence-electron chi connectivity index (χ2n) is 6.23. The Balaban J connectivity index is 2.26. The van der Waals surface area contributed by atoms with E-state index in [0.717, 1.165) is 16.7 Å². The number of phenols is 1. The van der Waals surface area contributed by atoms with Gasteiger partial charge in [-0.1, -0.05) is 40.9 Å². The van der Waals surface area contributed by atoms with Crippen molar-refractivity contribution < 1.29 is 14.6 Å². The van der Waals surface area contributed by atoms with E-state index < -0.39 is 5.97 Å². The highest BCUT2D eigenvalue weighted by Gasteiger charge is 2.16. The van der Waals surface area contributed by atoms with Gasteiger partial charge in [-0.2, -0.15) is 0 Å². The number of nitrogens with zero attached hydrogens (tertiary/aromatic N) is 1. The molecule has 0 aliphatic rings. The molecule has 0 fully saturated rings. The maximum Gasteiger partial charge on any atom is 0.308 e. The lowest BCUT2D eigenvalue weighted by molar-refractivity contribution is -0.131. The average Bonchev–Trinajstić information content (AvgIpc) is 2.47. The van der Waals surface area contributed by atoms with Crippen LogP contribution in [0, 0.1) is 13.8 Å². The number of aromatic hydroxyl groups is 1. The fourth-order valence-corrected chi connectivity index (χ4v) is 3.37. The van der Waals surface area contributed by atoms with E-state index in [2.05, 4.69) is 0 Å². The first kappa shape index (κ1) is 19.6. The van der Waals surface area contributed by atoms with Crippen LogP contribution in [-0.4, -0.2) is 23.0 Å². The number of aryl methyl sites for hydroxylation is 2. The summed E-state index contributed by atoms with van der Waals surface area (Å²) in [6.07, 6.45) is 0. The Labute approximate surface area is 157 Å². The number of halogens is 2. The maximum atomic E-state index is 11.3. The summed E-state index contributed by atoms with van der Waals surface area (Å²) in [6.45, 7) is 6.17. The minimum atomic E-state index is -0.444. The number of rotatable bonds is 5. The second-order valence-corrected chi connectivity index (χ2v) is 7.07. The van der Waals surface area contributed by atoms with Gasteiger partial charge < -0.3 is 9.84 Å². The number of carbonyl (C=O) groups is 1. The smallest absolute Gasteiger partial charge is 0.308 e. The van der Waals surface area contributed by atoms with Crippen molar-refractivity contribution in [3.63, 3.8) is 0 Å². The standard InChI is InChI=1S/C19H21Cl2NO3/c1-11-5-12(2)18(24)14(6-11)9-22(4)10-15-7-16(20)8-17(21)19(15)25-13(3)23/h5-8,24H,9-10H2,1-4H3. The highest BCUT2D eigenvalue weighted by atomic mass is 35.5. The molecule has 1 N–H and O–H groups in total. The Morgan fingerprint density at radius 3 is 2.40 bits per heavy atom. The SMILES string of the molecule is CC(=O)Oc1c(Cl)cc(Cl)cc1CN(C)Cc1cc(C)cc(C)c1O. The van der Waals surface area contributed by atoms with Crippen LogP contribution >= 0.6 is 23.2 Å². The monoisotopic (exact) mass is 381 g/mol. The van der Waals surface area contributed by atoms with Gasteiger partial charge in [0.05, 0.1) is 5.02 Å². The summed E-state index contributed by atoms with van der Waals surface area (Å²) in [5.74, 6) is 0.164. The van der Waals surface area contributed by atoms with E-state index >= 15 is 0 Å². The van der Waals surface area contributed by atoms with Crippen molar-refractivity contribution in [2.75, 3.05) is 7.05 Å². The topological polar surface area (TPSA) is 49.8 Å². The van der Waals surface area contributed by atoms with Crippen LogP contribution in [0.3, 0.4) is 0 Å². The van der Waals surface area contributed by atoms with Crippen LogP contribution in [0.2, 0.25) is 10.0 Å². The van der Waals surface area contributed by atoms with Gasteiger partial charge in [-0.3, -0.25) is 9.69 Å². The Bertz CT molecular complexity index is 806. The first-order chi connectivity index (χ1) is 11.7. The zero-order valence-electron chi connectivity index (χ0n) is 14.7. The van der Waals surface area contributed by atoms with Gasteiger partial charge in [-0.15, -0.1) is 0 Å². The van der Waals surface area contributed by atoms with Crippen LogP contribution in [0.4, 0.5) is 0 Å². The van der Waals surface area contributed by atoms with E-state index in [1.54, 1.807) is 12.1 Å².